The lowest BCUT2D eigenvalue weighted by Gasteiger charge is -2.14. The zero-order chi connectivity index (χ0) is 15.4. The van der Waals surface area contributed by atoms with Gasteiger partial charge in [0.15, 0.2) is 0 Å². The van der Waals surface area contributed by atoms with Crippen LogP contribution in [0.15, 0.2) is 6.58 Å². The monoisotopic (exact) mass is 261 g/mol. The second-order valence-electron chi connectivity index (χ2n) is 6.86. The molecular formula is C18H31N. The van der Waals surface area contributed by atoms with Crippen molar-refractivity contribution in [2.75, 3.05) is 0 Å². The lowest BCUT2D eigenvalue weighted by molar-refractivity contribution is 0.469. The van der Waals surface area contributed by atoms with Crippen molar-refractivity contribution in [2.45, 2.75) is 68.7 Å². The minimum atomic E-state index is 0.500. The zero-order valence-corrected chi connectivity index (χ0v) is 14.4. The third kappa shape index (κ3) is 6.04. The Morgan fingerprint density at radius 3 is 1.74 bits per heavy atom. The van der Waals surface area contributed by atoms with Crippen molar-refractivity contribution in [1.82, 2.24) is 4.98 Å². The number of aryl methyl sites for hydroxylation is 2. The molecule has 0 fully saturated rings. The van der Waals surface area contributed by atoms with Crippen LogP contribution >= 0.6 is 0 Å². The topological polar surface area (TPSA) is 12.9 Å². The maximum absolute atomic E-state index is 4.54. The fourth-order valence-electron chi connectivity index (χ4n) is 1.82. The van der Waals surface area contributed by atoms with E-state index in [0.29, 0.717) is 5.41 Å². The van der Waals surface area contributed by atoms with E-state index in [1.807, 2.05) is 0 Å². The summed E-state index contributed by atoms with van der Waals surface area (Å²) in [5, 5.41) is 0. The van der Waals surface area contributed by atoms with Crippen LogP contribution in [0.5, 0.6) is 0 Å². The van der Waals surface area contributed by atoms with Gasteiger partial charge in [-0.25, -0.2) is 0 Å². The summed E-state index contributed by atoms with van der Waals surface area (Å²) in [5.41, 5.74) is 7.82. The Kier molecular flexibility index (Phi) is 6.48. The van der Waals surface area contributed by atoms with E-state index >= 15 is 0 Å². The molecule has 0 aliphatic rings. The van der Waals surface area contributed by atoms with Crippen LogP contribution in [0.3, 0.4) is 0 Å². The van der Waals surface area contributed by atoms with Crippen LogP contribution in [-0.2, 0) is 0 Å². The molecule has 108 valence electrons. The Balaban J connectivity index is 0.000000555. The van der Waals surface area contributed by atoms with Crippen LogP contribution in [0.2, 0.25) is 0 Å². The molecule has 0 amide bonds. The van der Waals surface area contributed by atoms with Gasteiger partial charge in [-0.15, -0.1) is 0 Å². The zero-order valence-electron chi connectivity index (χ0n) is 14.4. The van der Waals surface area contributed by atoms with Gasteiger partial charge in [0.05, 0.1) is 0 Å². The van der Waals surface area contributed by atoms with Gasteiger partial charge in [0.1, 0.15) is 0 Å². The van der Waals surface area contributed by atoms with E-state index < -0.39 is 0 Å². The Hall–Kier alpha value is -1.11. The lowest BCUT2D eigenvalue weighted by atomic mass is 9.95. The van der Waals surface area contributed by atoms with Crippen LogP contribution in [-0.4, -0.2) is 4.98 Å². The molecular weight excluding hydrogens is 230 g/mol. The maximum atomic E-state index is 4.54. The van der Waals surface area contributed by atoms with Gasteiger partial charge in [0.25, 0.3) is 0 Å². The second kappa shape index (κ2) is 6.88. The van der Waals surface area contributed by atoms with Gasteiger partial charge in [0.2, 0.25) is 0 Å². The quantitative estimate of drug-likeness (QED) is 0.656. The summed E-state index contributed by atoms with van der Waals surface area (Å²) in [6.45, 7) is 23.4. The standard InChI is InChI=1S/C13H19N.C5H12/c1-7-8(2)13-10(4)9(3)11(5)14-12(13)6;1-5(2,3)4/h2,7H2,1,3-6H3;1-4H3. The average Bonchev–Trinajstić information content (AvgIpc) is 2.23. The van der Waals surface area contributed by atoms with Crippen LogP contribution in [0.25, 0.3) is 5.57 Å². The van der Waals surface area contributed by atoms with Gasteiger partial charge in [-0.1, -0.05) is 41.2 Å². The van der Waals surface area contributed by atoms with E-state index in [0.717, 1.165) is 17.8 Å². The van der Waals surface area contributed by atoms with E-state index in [1.54, 1.807) is 0 Å². The first-order chi connectivity index (χ1) is 8.49. The SMILES string of the molecule is C=C(CC)c1c(C)nc(C)c(C)c1C.CC(C)(C)C. The van der Waals surface area contributed by atoms with Crippen molar-refractivity contribution >= 4 is 5.57 Å². The van der Waals surface area contributed by atoms with Crippen molar-refractivity contribution in [3.05, 3.63) is 34.7 Å². The predicted molar refractivity (Wildman–Crippen MR) is 87.6 cm³/mol. The van der Waals surface area contributed by atoms with Crippen LogP contribution in [0.1, 0.15) is 69.1 Å². The first kappa shape index (κ1) is 17.9. The van der Waals surface area contributed by atoms with Gasteiger partial charge in [-0.2, -0.15) is 0 Å². The van der Waals surface area contributed by atoms with Crippen molar-refractivity contribution < 1.29 is 0 Å². The summed E-state index contributed by atoms with van der Waals surface area (Å²) in [6, 6.07) is 0. The molecule has 0 bridgehead atoms. The molecule has 0 aromatic carbocycles. The van der Waals surface area contributed by atoms with Gasteiger partial charge in [-0.05, 0) is 56.2 Å². The summed E-state index contributed by atoms with van der Waals surface area (Å²) < 4.78 is 0. The third-order valence-electron chi connectivity index (χ3n) is 2.96. The van der Waals surface area contributed by atoms with Crippen LogP contribution in [0.4, 0.5) is 0 Å². The fourth-order valence-corrected chi connectivity index (χ4v) is 1.82. The summed E-state index contributed by atoms with van der Waals surface area (Å²) in [7, 11) is 0. The molecule has 0 N–H and O–H groups in total. The molecule has 1 heterocycles. The number of nitrogens with zero attached hydrogens (tertiary/aromatic N) is 1. The van der Waals surface area contributed by atoms with Gasteiger partial charge >= 0.3 is 0 Å². The molecule has 0 saturated carbocycles. The second-order valence-corrected chi connectivity index (χ2v) is 6.86. The maximum Gasteiger partial charge on any atom is 0.0453 e. The molecule has 1 aromatic rings. The van der Waals surface area contributed by atoms with Crippen LogP contribution < -0.4 is 0 Å². The molecule has 0 radical (unpaired) electrons. The Morgan fingerprint density at radius 1 is 0.947 bits per heavy atom. The van der Waals surface area contributed by atoms with E-state index in [2.05, 4.69) is 73.9 Å². The third-order valence-corrected chi connectivity index (χ3v) is 2.96. The molecule has 0 saturated heterocycles. The Labute approximate surface area is 120 Å². The predicted octanol–water partition coefficient (Wildman–Crippen LogP) is 5.79. The molecule has 0 aliphatic carbocycles. The van der Waals surface area contributed by atoms with Gasteiger partial charge < -0.3 is 0 Å². The Morgan fingerprint density at radius 2 is 1.37 bits per heavy atom. The van der Waals surface area contributed by atoms with Gasteiger partial charge in [-0.3, -0.25) is 4.98 Å². The number of aromatic nitrogens is 1. The molecule has 0 aliphatic heterocycles. The molecule has 19 heavy (non-hydrogen) atoms. The summed E-state index contributed by atoms with van der Waals surface area (Å²) in [5.74, 6) is 0. The first-order valence-corrected chi connectivity index (χ1v) is 7.11. The number of allylic oxidation sites excluding steroid dienone is 1. The minimum Gasteiger partial charge on any atom is -0.258 e. The molecule has 1 aromatic heterocycles. The van der Waals surface area contributed by atoms with Crippen molar-refractivity contribution in [2.24, 2.45) is 5.41 Å². The molecule has 0 unspecified atom stereocenters. The number of hydrogen-bond donors (Lipinski definition) is 0. The highest BCUT2D eigenvalue weighted by Gasteiger charge is 2.10. The number of pyridine rings is 1. The Bertz CT molecular complexity index is 442. The summed E-state index contributed by atoms with van der Waals surface area (Å²) in [4.78, 5) is 4.54. The van der Waals surface area contributed by atoms with Crippen molar-refractivity contribution in [3.63, 3.8) is 0 Å². The van der Waals surface area contributed by atoms with E-state index in [1.165, 1.54) is 22.3 Å². The number of hydrogen-bond acceptors (Lipinski definition) is 1. The largest absolute Gasteiger partial charge is 0.258 e. The fraction of sp³-hybridized carbons (Fsp3) is 0.611. The molecule has 0 atom stereocenters. The highest BCUT2D eigenvalue weighted by atomic mass is 14.7. The lowest BCUT2D eigenvalue weighted by Crippen LogP contribution is -2.01. The van der Waals surface area contributed by atoms with E-state index in [9.17, 15) is 0 Å². The van der Waals surface area contributed by atoms with Gasteiger partial charge in [0, 0.05) is 17.0 Å². The first-order valence-electron chi connectivity index (χ1n) is 7.11. The van der Waals surface area contributed by atoms with Crippen molar-refractivity contribution in [1.29, 1.82) is 0 Å². The highest BCUT2D eigenvalue weighted by Crippen LogP contribution is 2.26. The number of rotatable bonds is 2. The molecule has 0 spiro atoms. The smallest absolute Gasteiger partial charge is 0.0453 e. The summed E-state index contributed by atoms with van der Waals surface area (Å²) in [6.07, 6.45) is 0.992. The summed E-state index contributed by atoms with van der Waals surface area (Å²) >= 11 is 0. The van der Waals surface area contributed by atoms with E-state index in [-0.39, 0.29) is 0 Å². The average molecular weight is 261 g/mol. The van der Waals surface area contributed by atoms with Crippen molar-refractivity contribution in [3.8, 4) is 0 Å². The molecule has 1 nitrogen and oxygen atoms in total. The normalized spacial score (nSPS) is 10.8. The highest BCUT2D eigenvalue weighted by molar-refractivity contribution is 5.69. The molecule has 1 rings (SSSR count). The molecule has 1 heteroatoms. The minimum absolute atomic E-state index is 0.500. The van der Waals surface area contributed by atoms with Crippen LogP contribution in [0, 0.1) is 33.1 Å². The van der Waals surface area contributed by atoms with E-state index in [4.69, 9.17) is 0 Å².